The van der Waals surface area contributed by atoms with E-state index in [1.807, 2.05) is 91.4 Å². The van der Waals surface area contributed by atoms with Crippen molar-refractivity contribution in [3.05, 3.63) is 116 Å². The van der Waals surface area contributed by atoms with E-state index in [9.17, 15) is 0 Å². The van der Waals surface area contributed by atoms with Gasteiger partial charge in [-0.05, 0) is 53.2 Å². The first kappa shape index (κ1) is 19.9. The van der Waals surface area contributed by atoms with Gasteiger partial charge in [0.05, 0.1) is 17.1 Å². The SMILES string of the molecule is c1ccc(-c2c(-c3ccccn3)c(-c3ncccn3)c3ccccc3c2-c2ccccn2)nc1. The lowest BCUT2D eigenvalue weighted by Gasteiger charge is -2.21. The fourth-order valence-electron chi connectivity index (χ4n) is 4.41. The molecule has 0 amide bonds. The molecule has 34 heavy (non-hydrogen) atoms. The second-order valence-corrected chi connectivity index (χ2v) is 7.76. The van der Waals surface area contributed by atoms with Crippen LogP contribution in [0.15, 0.2) is 116 Å². The molecule has 0 spiro atoms. The summed E-state index contributed by atoms with van der Waals surface area (Å²) in [6.45, 7) is 0. The Bertz CT molecular complexity index is 1450. The van der Waals surface area contributed by atoms with Crippen LogP contribution in [0, 0.1) is 0 Å². The van der Waals surface area contributed by atoms with Crippen molar-refractivity contribution >= 4 is 10.8 Å². The van der Waals surface area contributed by atoms with E-state index in [0.29, 0.717) is 5.82 Å². The third-order valence-corrected chi connectivity index (χ3v) is 5.77. The van der Waals surface area contributed by atoms with Crippen LogP contribution in [0.5, 0.6) is 0 Å². The molecule has 6 rings (SSSR count). The predicted octanol–water partition coefficient (Wildman–Crippen LogP) is 6.48. The molecule has 0 bridgehead atoms. The summed E-state index contributed by atoms with van der Waals surface area (Å²) in [6, 6.07) is 28.0. The van der Waals surface area contributed by atoms with E-state index >= 15 is 0 Å². The minimum atomic E-state index is 0.643. The summed E-state index contributed by atoms with van der Waals surface area (Å²) < 4.78 is 0. The van der Waals surface area contributed by atoms with E-state index in [1.54, 1.807) is 12.4 Å². The topological polar surface area (TPSA) is 64.5 Å². The number of fused-ring (bicyclic) bond motifs is 1. The Labute approximate surface area is 196 Å². The van der Waals surface area contributed by atoms with Crippen LogP contribution in [-0.4, -0.2) is 24.9 Å². The molecule has 6 aromatic rings. The number of aromatic nitrogens is 5. The van der Waals surface area contributed by atoms with Gasteiger partial charge in [-0.15, -0.1) is 0 Å². The molecule has 0 atom stereocenters. The average Bonchev–Trinajstić information content (AvgIpc) is 2.93. The highest BCUT2D eigenvalue weighted by Crippen LogP contribution is 2.48. The zero-order valence-corrected chi connectivity index (χ0v) is 18.2. The fourth-order valence-corrected chi connectivity index (χ4v) is 4.41. The lowest BCUT2D eigenvalue weighted by atomic mass is 9.84. The lowest BCUT2D eigenvalue weighted by molar-refractivity contribution is 1.18. The Morgan fingerprint density at radius 3 is 1.24 bits per heavy atom. The van der Waals surface area contributed by atoms with Crippen molar-refractivity contribution in [2.24, 2.45) is 0 Å². The van der Waals surface area contributed by atoms with E-state index in [1.165, 1.54) is 0 Å². The maximum absolute atomic E-state index is 4.77. The Morgan fingerprint density at radius 1 is 0.324 bits per heavy atom. The molecule has 0 aliphatic carbocycles. The first-order valence-corrected chi connectivity index (χ1v) is 11.0. The number of benzene rings is 2. The molecule has 0 saturated carbocycles. The normalized spacial score (nSPS) is 10.9. The third kappa shape index (κ3) is 3.40. The van der Waals surface area contributed by atoms with Crippen LogP contribution in [0.1, 0.15) is 0 Å². The van der Waals surface area contributed by atoms with Crippen molar-refractivity contribution in [1.82, 2.24) is 24.9 Å². The Balaban J connectivity index is 1.90. The zero-order chi connectivity index (χ0) is 22.7. The summed E-state index contributed by atoms with van der Waals surface area (Å²) in [6.07, 6.45) is 8.98. The minimum Gasteiger partial charge on any atom is -0.256 e. The van der Waals surface area contributed by atoms with Crippen molar-refractivity contribution in [3.8, 4) is 45.2 Å². The molecular formula is C29H19N5. The van der Waals surface area contributed by atoms with Gasteiger partial charge in [-0.3, -0.25) is 15.0 Å². The lowest BCUT2D eigenvalue weighted by Crippen LogP contribution is -2.01. The highest BCUT2D eigenvalue weighted by molar-refractivity contribution is 6.16. The summed E-state index contributed by atoms with van der Waals surface area (Å²) >= 11 is 0. The minimum absolute atomic E-state index is 0.643. The molecule has 0 saturated heterocycles. The van der Waals surface area contributed by atoms with E-state index in [0.717, 1.165) is 50.1 Å². The van der Waals surface area contributed by atoms with Crippen molar-refractivity contribution < 1.29 is 0 Å². The number of pyridine rings is 3. The molecule has 5 nitrogen and oxygen atoms in total. The number of nitrogens with zero attached hydrogens (tertiary/aromatic N) is 5. The summed E-state index contributed by atoms with van der Waals surface area (Å²) in [5, 5.41) is 2.10. The first-order valence-electron chi connectivity index (χ1n) is 11.0. The molecule has 5 heteroatoms. The second-order valence-electron chi connectivity index (χ2n) is 7.76. The van der Waals surface area contributed by atoms with Gasteiger partial charge >= 0.3 is 0 Å². The molecule has 0 fully saturated rings. The molecule has 0 aliphatic heterocycles. The summed E-state index contributed by atoms with van der Waals surface area (Å²) in [5.41, 5.74) is 6.37. The molecule has 0 radical (unpaired) electrons. The van der Waals surface area contributed by atoms with E-state index in [-0.39, 0.29) is 0 Å². The van der Waals surface area contributed by atoms with Gasteiger partial charge in [0.15, 0.2) is 5.82 Å². The van der Waals surface area contributed by atoms with Crippen molar-refractivity contribution in [3.63, 3.8) is 0 Å². The average molecular weight is 438 g/mol. The molecule has 2 aromatic carbocycles. The van der Waals surface area contributed by atoms with Crippen LogP contribution in [0.4, 0.5) is 0 Å². The summed E-state index contributed by atoms with van der Waals surface area (Å²) in [7, 11) is 0. The van der Waals surface area contributed by atoms with Gasteiger partial charge in [-0.2, -0.15) is 0 Å². The van der Waals surface area contributed by atoms with Crippen LogP contribution in [0.25, 0.3) is 55.9 Å². The van der Waals surface area contributed by atoms with Crippen molar-refractivity contribution in [1.29, 1.82) is 0 Å². The summed E-state index contributed by atoms with van der Waals surface area (Å²) in [4.78, 5) is 23.6. The number of rotatable bonds is 4. The quantitative estimate of drug-likeness (QED) is 0.316. The van der Waals surface area contributed by atoms with E-state index in [4.69, 9.17) is 15.0 Å². The monoisotopic (exact) mass is 437 g/mol. The number of hydrogen-bond acceptors (Lipinski definition) is 5. The molecular weight excluding hydrogens is 418 g/mol. The van der Waals surface area contributed by atoms with Crippen molar-refractivity contribution in [2.45, 2.75) is 0 Å². The highest BCUT2D eigenvalue weighted by atomic mass is 14.9. The van der Waals surface area contributed by atoms with Gasteiger partial charge < -0.3 is 0 Å². The van der Waals surface area contributed by atoms with Crippen LogP contribution in [0.2, 0.25) is 0 Å². The van der Waals surface area contributed by atoms with Gasteiger partial charge in [0, 0.05) is 53.2 Å². The van der Waals surface area contributed by atoms with Crippen LogP contribution >= 0.6 is 0 Å². The van der Waals surface area contributed by atoms with Gasteiger partial charge in [-0.1, -0.05) is 42.5 Å². The standard InChI is InChI=1S/C29H19N5/c1-2-11-21-20(10-1)25(22-12-3-6-15-30-22)27(23-13-4-7-16-31-23)28(24-14-5-8-17-32-24)26(21)29-33-18-9-19-34-29/h1-19H. The Hall–Kier alpha value is -4.77. The smallest absolute Gasteiger partial charge is 0.160 e. The predicted molar refractivity (Wildman–Crippen MR) is 135 cm³/mol. The molecule has 160 valence electrons. The second kappa shape index (κ2) is 8.64. The van der Waals surface area contributed by atoms with Gasteiger partial charge in [-0.25, -0.2) is 9.97 Å². The van der Waals surface area contributed by atoms with Crippen LogP contribution in [0.3, 0.4) is 0 Å². The van der Waals surface area contributed by atoms with E-state index in [2.05, 4.69) is 22.1 Å². The summed E-state index contributed by atoms with van der Waals surface area (Å²) in [5.74, 6) is 0.643. The first-order chi connectivity index (χ1) is 16.9. The van der Waals surface area contributed by atoms with Crippen LogP contribution < -0.4 is 0 Å². The van der Waals surface area contributed by atoms with Crippen molar-refractivity contribution in [2.75, 3.05) is 0 Å². The molecule has 0 unspecified atom stereocenters. The Kier molecular flexibility index (Phi) is 5.05. The molecule has 0 aliphatic rings. The largest absolute Gasteiger partial charge is 0.256 e. The highest BCUT2D eigenvalue weighted by Gasteiger charge is 2.26. The van der Waals surface area contributed by atoms with E-state index < -0.39 is 0 Å². The van der Waals surface area contributed by atoms with Crippen LogP contribution in [-0.2, 0) is 0 Å². The molecule has 4 aromatic heterocycles. The third-order valence-electron chi connectivity index (χ3n) is 5.77. The Morgan fingerprint density at radius 2 is 0.735 bits per heavy atom. The number of hydrogen-bond donors (Lipinski definition) is 0. The maximum Gasteiger partial charge on any atom is 0.160 e. The fraction of sp³-hybridized carbons (Fsp3) is 0. The molecule has 0 N–H and O–H groups in total. The van der Waals surface area contributed by atoms with Gasteiger partial charge in [0.1, 0.15) is 0 Å². The maximum atomic E-state index is 4.77. The molecule has 4 heterocycles. The van der Waals surface area contributed by atoms with Gasteiger partial charge in [0.2, 0.25) is 0 Å². The zero-order valence-electron chi connectivity index (χ0n) is 18.2. The van der Waals surface area contributed by atoms with Gasteiger partial charge in [0.25, 0.3) is 0 Å².